The van der Waals surface area contributed by atoms with Crippen molar-refractivity contribution in [3.63, 3.8) is 0 Å². The molecule has 0 aliphatic rings. The van der Waals surface area contributed by atoms with Crippen molar-refractivity contribution in [2.45, 2.75) is 58.4 Å². The fraction of sp³-hybridized carbons (Fsp3) is 0.643. The lowest BCUT2D eigenvalue weighted by molar-refractivity contribution is 0.575. The third-order valence-electron chi connectivity index (χ3n) is 2.88. The van der Waals surface area contributed by atoms with Gasteiger partial charge in [-0.3, -0.25) is 0 Å². The van der Waals surface area contributed by atoms with Crippen LogP contribution in [0.5, 0.6) is 0 Å². The maximum atomic E-state index is 12.6. The molecule has 0 radical (unpaired) electrons. The number of nitrogens with zero attached hydrogens (tertiary/aromatic N) is 1. The van der Waals surface area contributed by atoms with Gasteiger partial charge in [0.1, 0.15) is 0 Å². The Morgan fingerprint density at radius 3 is 2.65 bits per heavy atom. The molecule has 1 rings (SSSR count). The van der Waals surface area contributed by atoms with Crippen LogP contribution < -0.4 is 5.32 Å². The van der Waals surface area contributed by atoms with Crippen LogP contribution in [0.25, 0.3) is 0 Å². The zero-order valence-electron chi connectivity index (χ0n) is 10.9. The van der Waals surface area contributed by atoms with Gasteiger partial charge < -0.3 is 5.32 Å². The average Bonchev–Trinajstić information content (AvgIpc) is 2.32. The number of anilines is 1. The molecule has 96 valence electrons. The van der Waals surface area contributed by atoms with E-state index in [1.165, 1.54) is 38.2 Å². The molecule has 0 fully saturated rings. The molecule has 0 aromatic carbocycles. The second kappa shape index (κ2) is 8.04. The van der Waals surface area contributed by atoms with Crippen LogP contribution in [0.2, 0.25) is 0 Å². The van der Waals surface area contributed by atoms with E-state index in [-0.39, 0.29) is 0 Å². The second-order valence-electron chi connectivity index (χ2n) is 4.62. The van der Waals surface area contributed by atoms with Gasteiger partial charge in [0.25, 0.3) is 0 Å². The van der Waals surface area contributed by atoms with Gasteiger partial charge in [0.15, 0.2) is 0 Å². The third kappa shape index (κ3) is 6.25. The minimum absolute atomic E-state index is 0.420. The van der Waals surface area contributed by atoms with Crippen LogP contribution in [-0.2, 0) is 0 Å². The molecule has 1 N–H and O–H groups in total. The lowest BCUT2D eigenvalue weighted by Crippen LogP contribution is -2.15. The molecule has 3 heteroatoms. The van der Waals surface area contributed by atoms with E-state index < -0.39 is 5.95 Å². The van der Waals surface area contributed by atoms with Gasteiger partial charge >= 0.3 is 0 Å². The molecule has 1 aromatic heterocycles. The number of halogens is 1. The molecule has 0 spiro atoms. The monoisotopic (exact) mass is 238 g/mol. The molecule has 0 saturated carbocycles. The van der Waals surface area contributed by atoms with E-state index in [1.54, 1.807) is 12.3 Å². The van der Waals surface area contributed by atoms with Crippen LogP contribution >= 0.6 is 0 Å². The molecule has 0 saturated heterocycles. The van der Waals surface area contributed by atoms with Crippen molar-refractivity contribution in [3.8, 4) is 0 Å². The van der Waals surface area contributed by atoms with Crippen molar-refractivity contribution in [2.75, 3.05) is 5.32 Å². The summed E-state index contributed by atoms with van der Waals surface area (Å²) in [6.07, 6.45) is 9.22. The second-order valence-corrected chi connectivity index (χ2v) is 4.62. The quantitative estimate of drug-likeness (QED) is 0.537. The number of hydrogen-bond donors (Lipinski definition) is 1. The number of unbranched alkanes of at least 4 members (excludes halogenated alkanes) is 4. The van der Waals surface area contributed by atoms with E-state index in [0.29, 0.717) is 6.04 Å². The van der Waals surface area contributed by atoms with E-state index >= 15 is 0 Å². The Hall–Kier alpha value is -1.12. The van der Waals surface area contributed by atoms with Gasteiger partial charge in [-0.2, -0.15) is 4.39 Å². The molecule has 0 bridgehead atoms. The summed E-state index contributed by atoms with van der Waals surface area (Å²) in [5.74, 6) is -0.428. The van der Waals surface area contributed by atoms with E-state index in [9.17, 15) is 4.39 Å². The fourth-order valence-electron chi connectivity index (χ4n) is 1.87. The highest BCUT2D eigenvalue weighted by atomic mass is 19.1. The molecule has 1 atom stereocenters. The molecule has 17 heavy (non-hydrogen) atoms. The van der Waals surface area contributed by atoms with E-state index in [1.807, 2.05) is 0 Å². The van der Waals surface area contributed by atoms with E-state index in [4.69, 9.17) is 0 Å². The number of pyridine rings is 1. The van der Waals surface area contributed by atoms with Crippen LogP contribution in [0.3, 0.4) is 0 Å². The first kappa shape index (κ1) is 13.9. The maximum Gasteiger partial charge on any atom is 0.212 e. The van der Waals surface area contributed by atoms with Crippen molar-refractivity contribution in [3.05, 3.63) is 24.3 Å². The van der Waals surface area contributed by atoms with Gasteiger partial charge in [0.05, 0.1) is 11.9 Å². The minimum atomic E-state index is -0.428. The SMILES string of the molecule is CCCCCCCC(C)Nc1ccc(F)nc1. The molecular weight excluding hydrogens is 215 g/mol. The minimum Gasteiger partial charge on any atom is -0.381 e. The fourth-order valence-corrected chi connectivity index (χ4v) is 1.87. The van der Waals surface area contributed by atoms with Crippen molar-refractivity contribution in [1.82, 2.24) is 4.98 Å². The predicted molar refractivity (Wildman–Crippen MR) is 70.7 cm³/mol. The van der Waals surface area contributed by atoms with Crippen molar-refractivity contribution in [1.29, 1.82) is 0 Å². The van der Waals surface area contributed by atoms with E-state index in [0.717, 1.165) is 12.1 Å². The standard InChI is InChI=1S/C14H23FN2/c1-3-4-5-6-7-8-12(2)17-13-9-10-14(15)16-11-13/h9-12,17H,3-8H2,1-2H3. The van der Waals surface area contributed by atoms with Crippen molar-refractivity contribution >= 4 is 5.69 Å². The average molecular weight is 238 g/mol. The first-order valence-corrected chi connectivity index (χ1v) is 6.60. The highest BCUT2D eigenvalue weighted by molar-refractivity contribution is 5.40. The molecule has 1 unspecified atom stereocenters. The summed E-state index contributed by atoms with van der Waals surface area (Å²) in [5, 5.41) is 3.33. The molecule has 0 amide bonds. The van der Waals surface area contributed by atoms with Crippen LogP contribution in [-0.4, -0.2) is 11.0 Å². The van der Waals surface area contributed by atoms with Gasteiger partial charge in [-0.25, -0.2) is 4.98 Å². The third-order valence-corrected chi connectivity index (χ3v) is 2.88. The molecular formula is C14H23FN2. The first-order chi connectivity index (χ1) is 8.22. The van der Waals surface area contributed by atoms with E-state index in [2.05, 4.69) is 24.1 Å². The molecule has 1 heterocycles. The maximum absolute atomic E-state index is 12.6. The largest absolute Gasteiger partial charge is 0.381 e. The Morgan fingerprint density at radius 1 is 1.24 bits per heavy atom. The van der Waals surface area contributed by atoms with Crippen LogP contribution in [0.15, 0.2) is 18.3 Å². The van der Waals surface area contributed by atoms with Crippen molar-refractivity contribution < 1.29 is 4.39 Å². The Kier molecular flexibility index (Phi) is 6.60. The summed E-state index contributed by atoms with van der Waals surface area (Å²) in [6.45, 7) is 4.38. The lowest BCUT2D eigenvalue weighted by atomic mass is 10.1. The van der Waals surface area contributed by atoms with Gasteiger partial charge in [0, 0.05) is 6.04 Å². The number of aromatic nitrogens is 1. The van der Waals surface area contributed by atoms with Gasteiger partial charge in [-0.15, -0.1) is 0 Å². The Morgan fingerprint density at radius 2 is 2.00 bits per heavy atom. The zero-order chi connectivity index (χ0) is 12.5. The van der Waals surface area contributed by atoms with Crippen LogP contribution in [0.4, 0.5) is 10.1 Å². The van der Waals surface area contributed by atoms with Crippen LogP contribution in [0, 0.1) is 5.95 Å². The summed E-state index contributed by atoms with van der Waals surface area (Å²) in [6, 6.07) is 3.54. The molecule has 1 aromatic rings. The van der Waals surface area contributed by atoms with Gasteiger partial charge in [0.2, 0.25) is 5.95 Å². The molecule has 2 nitrogen and oxygen atoms in total. The summed E-state index contributed by atoms with van der Waals surface area (Å²) < 4.78 is 12.6. The highest BCUT2D eigenvalue weighted by Crippen LogP contribution is 2.12. The Bertz CT molecular complexity index is 298. The number of hydrogen-bond acceptors (Lipinski definition) is 2. The predicted octanol–water partition coefficient (Wildman–Crippen LogP) is 4.38. The lowest BCUT2D eigenvalue weighted by Gasteiger charge is -2.14. The summed E-state index contributed by atoms with van der Waals surface area (Å²) in [7, 11) is 0. The highest BCUT2D eigenvalue weighted by Gasteiger charge is 2.02. The Balaban J connectivity index is 2.16. The van der Waals surface area contributed by atoms with Gasteiger partial charge in [-0.1, -0.05) is 39.0 Å². The number of rotatable bonds is 8. The Labute approximate surface area is 104 Å². The topological polar surface area (TPSA) is 24.9 Å². The molecule has 0 aliphatic heterocycles. The van der Waals surface area contributed by atoms with Crippen LogP contribution in [0.1, 0.15) is 52.4 Å². The molecule has 0 aliphatic carbocycles. The summed E-state index contributed by atoms with van der Waals surface area (Å²) in [5.41, 5.74) is 0.896. The normalized spacial score (nSPS) is 12.4. The zero-order valence-corrected chi connectivity index (χ0v) is 10.9. The first-order valence-electron chi connectivity index (χ1n) is 6.60. The van der Waals surface area contributed by atoms with Gasteiger partial charge in [-0.05, 0) is 25.5 Å². The smallest absolute Gasteiger partial charge is 0.212 e. The number of nitrogens with one attached hydrogen (secondary N) is 1. The summed E-state index contributed by atoms with van der Waals surface area (Å²) in [4.78, 5) is 3.62. The van der Waals surface area contributed by atoms with Crippen molar-refractivity contribution in [2.24, 2.45) is 0 Å². The summed E-state index contributed by atoms with van der Waals surface area (Å²) >= 11 is 0.